The van der Waals surface area contributed by atoms with E-state index in [1.165, 1.54) is 101 Å². The van der Waals surface area contributed by atoms with E-state index in [4.69, 9.17) is 94.7 Å². The maximum absolute atomic E-state index is 12.9. The predicted molar refractivity (Wildman–Crippen MR) is 503 cm³/mol. The van der Waals surface area contributed by atoms with E-state index in [0.29, 0.717) is 128 Å². The Morgan fingerprint density at radius 2 is 0.545 bits per heavy atom. The molecule has 0 heterocycles. The van der Waals surface area contributed by atoms with Crippen LogP contribution in [0.4, 0.5) is 0 Å². The molecular weight excluding hydrogens is 1740 g/mol. The minimum Gasteiger partial charge on any atom is -0.463 e. The zero-order chi connectivity index (χ0) is 94.7. The van der Waals surface area contributed by atoms with Gasteiger partial charge in [0.05, 0.1) is 210 Å². The first-order chi connectivity index (χ1) is 63.8. The molecule has 0 aliphatic heterocycles. The Hall–Kier alpha value is -4.54. The summed E-state index contributed by atoms with van der Waals surface area (Å²) in [4.78, 5) is 99.0. The molecule has 8 rings (SSSR count). The Morgan fingerprint density at radius 3 is 0.811 bits per heavy atom. The van der Waals surface area contributed by atoms with Gasteiger partial charge in [-0.3, -0.25) is 38.4 Å². The number of allylic oxidation sites excluding steroid dienone is 2. The van der Waals surface area contributed by atoms with Gasteiger partial charge < -0.3 is 94.7 Å². The summed E-state index contributed by atoms with van der Waals surface area (Å²) in [5.74, 6) is 7.29. The van der Waals surface area contributed by atoms with Crippen LogP contribution in [0.3, 0.4) is 0 Å². The van der Waals surface area contributed by atoms with Gasteiger partial charge in [0.15, 0.2) is 0 Å². The van der Waals surface area contributed by atoms with Crippen molar-refractivity contribution in [3.63, 3.8) is 0 Å². The standard InChI is InChI=1S/C102H170O28S2/c1-75(2)13-11-15-77(5)85-21-23-87-83-19-17-79-73-81(33-37-99(79,7)89(83)35-39-101(85,87)9)129-97(109)31-29-95(107)127-67-61-117-49-43-111-41-47-115-57-63-123-91(103)25-27-93(105)125-65-59-119-51-45-113-53-55-121-69-71-131-132-72-70-122-56-54-114-46-52-120-60-66-126-94(106)28-26-92(104)124-64-58-116-48-42-112-44-50-118-62-68-128-96(108)30-32-98(110)130-82-34-38-100(8)80(74-82)18-20-84-88-24-22-86(78(6)16-12-14-76(3)4)102(88,10)40-36-90(84)100/h17-18,75-78,81-90H,11-16,19-74H2,1-10H3/t77-,78-,81?,82?,83?,84?,85-,86-,87?,88?,89?,90?,99+,100+,101-,102-/m1/s1. The Labute approximate surface area is 797 Å². The number of esters is 8. The van der Waals surface area contributed by atoms with Crippen molar-refractivity contribution in [1.29, 1.82) is 0 Å². The lowest BCUT2D eigenvalue weighted by Gasteiger charge is -2.58. The van der Waals surface area contributed by atoms with Crippen molar-refractivity contribution < 1.29 is 133 Å². The van der Waals surface area contributed by atoms with Crippen LogP contribution in [0.1, 0.15) is 262 Å². The van der Waals surface area contributed by atoms with Crippen LogP contribution in [0.15, 0.2) is 23.3 Å². The molecule has 0 amide bonds. The summed E-state index contributed by atoms with van der Waals surface area (Å²) in [7, 11) is 3.40. The third kappa shape index (κ3) is 40.0. The molecule has 0 aromatic carbocycles. The van der Waals surface area contributed by atoms with Crippen molar-refractivity contribution in [3.05, 3.63) is 23.3 Å². The van der Waals surface area contributed by atoms with Crippen molar-refractivity contribution in [2.75, 3.05) is 210 Å². The van der Waals surface area contributed by atoms with Gasteiger partial charge in [-0.25, -0.2) is 0 Å². The van der Waals surface area contributed by atoms with E-state index in [2.05, 4.69) is 81.4 Å². The molecule has 6 saturated carbocycles. The van der Waals surface area contributed by atoms with Crippen molar-refractivity contribution >= 4 is 69.3 Å². The number of ether oxygens (including phenoxy) is 20. The first kappa shape index (κ1) is 113. The SMILES string of the molecule is CC(C)CCC[C@@H](C)[C@H]1CCC2C3CC=C4CC(OC(=O)CCC(=O)OCCOCCOCCOCCOC(=O)CCC(=O)OCCOCCOCCOCCSSCCOCCOCCOCCOC(=O)CCC(=O)OCCOCCOCCOCCOC(=O)CCC(=O)OC5CC[C@@]6(C)C(=CCC7C6CC[C@@]6(C)C7CC[C@@H]6[C@H](C)CCCC(C)C)C5)CC[C@]4(C)C3CC[C@@]21C. The molecule has 8 aliphatic rings. The molecule has 28 nitrogen and oxygen atoms in total. The minimum atomic E-state index is -0.536. The third-order valence-electron chi connectivity index (χ3n) is 29.9. The highest BCUT2D eigenvalue weighted by molar-refractivity contribution is 8.76. The van der Waals surface area contributed by atoms with Gasteiger partial charge in [0.25, 0.3) is 0 Å². The molecule has 0 spiro atoms. The number of carbonyl (C=O) groups is 8. The molecule has 0 bridgehead atoms. The molecule has 6 fully saturated rings. The largest absolute Gasteiger partial charge is 0.463 e. The summed E-state index contributed by atoms with van der Waals surface area (Å²) in [6.45, 7) is 32.9. The van der Waals surface area contributed by atoms with Crippen LogP contribution in [0.5, 0.6) is 0 Å². The van der Waals surface area contributed by atoms with Crippen molar-refractivity contribution in [1.82, 2.24) is 0 Å². The fourth-order valence-electron chi connectivity index (χ4n) is 23.0. The molecule has 0 N–H and O–H groups in total. The molecule has 0 aromatic heterocycles. The van der Waals surface area contributed by atoms with Gasteiger partial charge in [-0.05, 0) is 183 Å². The number of hydrogen-bond donors (Lipinski definition) is 0. The topological polar surface area (TPSA) is 321 Å². The van der Waals surface area contributed by atoms with E-state index in [9.17, 15) is 38.4 Å². The lowest BCUT2D eigenvalue weighted by Crippen LogP contribution is -2.51. The van der Waals surface area contributed by atoms with Gasteiger partial charge in [0.2, 0.25) is 0 Å². The van der Waals surface area contributed by atoms with E-state index in [1.807, 2.05) is 0 Å². The van der Waals surface area contributed by atoms with Crippen molar-refractivity contribution in [2.45, 2.75) is 274 Å². The van der Waals surface area contributed by atoms with Gasteiger partial charge in [-0.2, -0.15) is 0 Å². The van der Waals surface area contributed by atoms with Crippen LogP contribution in [0.25, 0.3) is 0 Å². The Morgan fingerprint density at radius 1 is 0.295 bits per heavy atom. The second-order valence-corrected chi connectivity index (χ2v) is 42.3. The summed E-state index contributed by atoms with van der Waals surface area (Å²) in [5, 5.41) is 0. The maximum Gasteiger partial charge on any atom is 0.306 e. The van der Waals surface area contributed by atoms with Crippen molar-refractivity contribution in [2.24, 2.45) is 92.7 Å². The molecule has 8 unspecified atom stereocenters. The maximum atomic E-state index is 12.9. The second-order valence-electron chi connectivity index (χ2n) is 39.6. The molecule has 758 valence electrons. The fourth-order valence-corrected chi connectivity index (χ4v) is 24.7. The van der Waals surface area contributed by atoms with E-state index in [-0.39, 0.29) is 179 Å². The van der Waals surface area contributed by atoms with Gasteiger partial charge in [-0.1, -0.05) is 153 Å². The number of rotatable bonds is 73. The summed E-state index contributed by atoms with van der Waals surface area (Å²) >= 11 is 0. The highest BCUT2D eigenvalue weighted by Gasteiger charge is 2.61. The molecule has 132 heavy (non-hydrogen) atoms. The lowest BCUT2D eigenvalue weighted by atomic mass is 9.47. The normalized spacial score (nSPS) is 26.3. The molecule has 16 atom stereocenters. The van der Waals surface area contributed by atoms with E-state index in [0.717, 1.165) is 122 Å². The monoisotopic (exact) mass is 1910 g/mol. The third-order valence-corrected chi connectivity index (χ3v) is 32.2. The van der Waals surface area contributed by atoms with Crippen LogP contribution in [-0.2, 0) is 133 Å². The smallest absolute Gasteiger partial charge is 0.306 e. The summed E-state index contributed by atoms with van der Waals surface area (Å²) in [6, 6.07) is 0. The minimum absolute atomic E-state index is 0.00761. The molecule has 8 aliphatic carbocycles. The summed E-state index contributed by atoms with van der Waals surface area (Å²) in [6.07, 6.45) is 30.9. The van der Waals surface area contributed by atoms with Crippen LogP contribution < -0.4 is 0 Å². The van der Waals surface area contributed by atoms with Gasteiger partial charge in [0, 0.05) is 24.3 Å². The van der Waals surface area contributed by atoms with Gasteiger partial charge >= 0.3 is 47.8 Å². The van der Waals surface area contributed by atoms with Gasteiger partial charge in [0.1, 0.15) is 51.8 Å². The number of fused-ring (bicyclic) bond motifs is 10. The lowest BCUT2D eigenvalue weighted by molar-refractivity contribution is -0.156. The van der Waals surface area contributed by atoms with Gasteiger partial charge in [-0.15, -0.1) is 0 Å². The fraction of sp³-hybridized carbons (Fsp3) is 0.882. The van der Waals surface area contributed by atoms with Crippen LogP contribution in [-0.4, -0.2) is 270 Å². The highest BCUT2D eigenvalue weighted by Crippen LogP contribution is 2.69. The summed E-state index contributed by atoms with van der Waals surface area (Å²) in [5.41, 5.74) is 4.25. The Kier molecular flexibility index (Phi) is 54.0. The Balaban J connectivity index is 0.464. The quantitative estimate of drug-likeness (QED) is 0.0179. The zero-order valence-electron chi connectivity index (χ0n) is 82.3. The van der Waals surface area contributed by atoms with Crippen LogP contribution in [0.2, 0.25) is 0 Å². The molecule has 0 aromatic rings. The average molecular weight is 1910 g/mol. The predicted octanol–water partition coefficient (Wildman–Crippen LogP) is 16.9. The van der Waals surface area contributed by atoms with E-state index >= 15 is 0 Å². The number of hydrogen-bond acceptors (Lipinski definition) is 30. The molecule has 30 heteroatoms. The van der Waals surface area contributed by atoms with Crippen molar-refractivity contribution in [3.8, 4) is 0 Å². The first-order valence-corrected chi connectivity index (χ1v) is 53.2. The summed E-state index contributed by atoms with van der Waals surface area (Å²) < 4.78 is 109. The van der Waals surface area contributed by atoms with E-state index < -0.39 is 35.8 Å². The van der Waals surface area contributed by atoms with Crippen LogP contribution >= 0.6 is 21.6 Å². The molecule has 0 saturated heterocycles. The second kappa shape index (κ2) is 63.2. The van der Waals surface area contributed by atoms with E-state index in [1.54, 1.807) is 21.6 Å². The zero-order valence-corrected chi connectivity index (χ0v) is 84.0. The highest BCUT2D eigenvalue weighted by atomic mass is 33.1. The average Bonchev–Trinajstić information content (AvgIpc) is 1.46. The molecule has 0 radical (unpaired) electrons. The number of carbonyl (C=O) groups excluding carboxylic acids is 8. The molecular formula is C102H170O28S2. The first-order valence-electron chi connectivity index (χ1n) is 50.7. The van der Waals surface area contributed by atoms with Crippen LogP contribution in [0, 0.1) is 92.7 Å². The Bertz CT molecular complexity index is 3160.